The molecule has 0 radical (unpaired) electrons. The van der Waals surface area contributed by atoms with Crippen LogP contribution in [0.4, 0.5) is 0 Å². The number of carbonyl (C=O) groups is 1. The van der Waals surface area contributed by atoms with Gasteiger partial charge in [-0.05, 0) is 51.7 Å². The van der Waals surface area contributed by atoms with Crippen LogP contribution in [-0.2, 0) is 17.6 Å². The molecule has 0 fully saturated rings. The molecular formula is C23H28O4. The molecule has 27 heavy (non-hydrogen) atoms. The van der Waals surface area contributed by atoms with E-state index in [1.54, 1.807) is 7.11 Å². The molecule has 1 aliphatic heterocycles. The number of ether oxygens (including phenoxy) is 3. The normalized spacial score (nSPS) is 15.0. The van der Waals surface area contributed by atoms with Crippen molar-refractivity contribution in [1.82, 2.24) is 0 Å². The number of benzene rings is 2. The molecule has 144 valence electrons. The number of hydrogen-bond donors (Lipinski definition) is 0. The van der Waals surface area contributed by atoms with E-state index in [-0.39, 0.29) is 18.2 Å². The average Bonchev–Trinajstić information content (AvgIpc) is 2.63. The molecule has 0 amide bonds. The van der Waals surface area contributed by atoms with Gasteiger partial charge in [0.15, 0.2) is 12.6 Å². The van der Waals surface area contributed by atoms with Crippen LogP contribution in [0.3, 0.4) is 0 Å². The van der Waals surface area contributed by atoms with E-state index in [1.807, 2.05) is 44.2 Å². The molecule has 4 heteroatoms. The topological polar surface area (TPSA) is 44.8 Å². The minimum Gasteiger partial charge on any atom is -0.487 e. The third kappa shape index (κ3) is 4.01. The number of carbonyl (C=O) groups excluding carboxylic acids is 1. The number of ketones is 1. The first-order valence-electron chi connectivity index (χ1n) is 9.38. The molecule has 0 aromatic heterocycles. The van der Waals surface area contributed by atoms with Gasteiger partial charge in [0, 0.05) is 24.7 Å². The van der Waals surface area contributed by atoms with Gasteiger partial charge in [0.2, 0.25) is 0 Å². The van der Waals surface area contributed by atoms with Crippen molar-refractivity contribution < 1.29 is 19.0 Å². The molecule has 2 aromatic carbocycles. The molecule has 0 atom stereocenters. The zero-order chi connectivity index (χ0) is 19.6. The fourth-order valence-electron chi connectivity index (χ4n) is 3.70. The summed E-state index contributed by atoms with van der Waals surface area (Å²) in [4.78, 5) is 13.2. The van der Waals surface area contributed by atoms with E-state index in [2.05, 4.69) is 13.8 Å². The van der Waals surface area contributed by atoms with Gasteiger partial charge in [0.05, 0.1) is 5.56 Å². The minimum absolute atomic E-state index is 0.0303. The molecule has 4 nitrogen and oxygen atoms in total. The largest absolute Gasteiger partial charge is 0.487 e. The Labute approximate surface area is 161 Å². The van der Waals surface area contributed by atoms with Crippen LogP contribution in [0, 0.1) is 13.8 Å². The fourth-order valence-corrected chi connectivity index (χ4v) is 3.70. The Kier molecular flexibility index (Phi) is 5.56. The second-order valence-electron chi connectivity index (χ2n) is 7.76. The second-order valence-corrected chi connectivity index (χ2v) is 7.76. The third-order valence-electron chi connectivity index (χ3n) is 5.17. The molecule has 1 aliphatic rings. The summed E-state index contributed by atoms with van der Waals surface area (Å²) in [6, 6.07) is 9.77. The summed E-state index contributed by atoms with van der Waals surface area (Å²) >= 11 is 0. The van der Waals surface area contributed by atoms with Gasteiger partial charge in [-0.15, -0.1) is 0 Å². The summed E-state index contributed by atoms with van der Waals surface area (Å²) in [5, 5.41) is 0. The van der Waals surface area contributed by atoms with E-state index in [0.717, 1.165) is 40.8 Å². The van der Waals surface area contributed by atoms with E-state index >= 15 is 0 Å². The number of methoxy groups -OCH3 is 1. The van der Waals surface area contributed by atoms with E-state index in [0.29, 0.717) is 17.7 Å². The first kappa shape index (κ1) is 19.4. The molecule has 0 spiro atoms. The summed E-state index contributed by atoms with van der Waals surface area (Å²) in [7, 11) is 1.58. The minimum atomic E-state index is -0.237. The quantitative estimate of drug-likeness (QED) is 0.542. The SMILES string of the molecule is COCOc1c(C)c2c(c(C)c1C(=O)Cc1ccccc1)OC(C)(C)CC2. The van der Waals surface area contributed by atoms with Gasteiger partial charge in [-0.25, -0.2) is 0 Å². The predicted octanol–water partition coefficient (Wildman–Crippen LogP) is 4.82. The molecule has 0 N–H and O–H groups in total. The van der Waals surface area contributed by atoms with Crippen molar-refractivity contribution in [1.29, 1.82) is 0 Å². The van der Waals surface area contributed by atoms with Gasteiger partial charge >= 0.3 is 0 Å². The monoisotopic (exact) mass is 368 g/mol. The predicted molar refractivity (Wildman–Crippen MR) is 106 cm³/mol. The number of fused-ring (bicyclic) bond motifs is 1. The van der Waals surface area contributed by atoms with Crippen molar-refractivity contribution >= 4 is 5.78 Å². The Bertz CT molecular complexity index is 837. The number of rotatable bonds is 6. The molecule has 2 aromatic rings. The first-order valence-corrected chi connectivity index (χ1v) is 9.38. The van der Waals surface area contributed by atoms with Crippen LogP contribution in [0.2, 0.25) is 0 Å². The van der Waals surface area contributed by atoms with Crippen molar-refractivity contribution in [2.24, 2.45) is 0 Å². The van der Waals surface area contributed by atoms with Crippen LogP contribution in [-0.4, -0.2) is 25.3 Å². The van der Waals surface area contributed by atoms with Crippen LogP contribution in [0.25, 0.3) is 0 Å². The van der Waals surface area contributed by atoms with Crippen molar-refractivity contribution in [2.75, 3.05) is 13.9 Å². The van der Waals surface area contributed by atoms with Gasteiger partial charge in [-0.1, -0.05) is 30.3 Å². The molecule has 1 heterocycles. The Morgan fingerprint density at radius 3 is 2.52 bits per heavy atom. The Balaban J connectivity index is 2.09. The maximum Gasteiger partial charge on any atom is 0.188 e. The highest BCUT2D eigenvalue weighted by Crippen LogP contribution is 2.44. The standard InChI is InChI=1S/C23H28O4/c1-15-18-11-12-23(3,4)27-21(18)16(2)20(22(15)26-14-25-5)19(24)13-17-9-7-6-8-10-17/h6-10H,11-14H2,1-5H3. The summed E-state index contributed by atoms with van der Waals surface area (Å²) in [5.41, 5.74) is 4.31. The van der Waals surface area contributed by atoms with Gasteiger partial charge in [-0.2, -0.15) is 0 Å². The zero-order valence-corrected chi connectivity index (χ0v) is 16.8. The summed E-state index contributed by atoms with van der Waals surface area (Å²) in [6.07, 6.45) is 2.17. The van der Waals surface area contributed by atoms with E-state index < -0.39 is 0 Å². The zero-order valence-electron chi connectivity index (χ0n) is 16.8. The van der Waals surface area contributed by atoms with Crippen LogP contribution < -0.4 is 9.47 Å². The highest BCUT2D eigenvalue weighted by atomic mass is 16.7. The average molecular weight is 368 g/mol. The fraction of sp³-hybridized carbons (Fsp3) is 0.435. The lowest BCUT2D eigenvalue weighted by Crippen LogP contribution is -2.34. The molecule has 0 unspecified atom stereocenters. The number of Topliss-reactive ketones (excluding diaryl/α,β-unsaturated/α-hetero) is 1. The van der Waals surface area contributed by atoms with Gasteiger partial charge in [-0.3, -0.25) is 4.79 Å². The lowest BCUT2D eigenvalue weighted by Gasteiger charge is -2.35. The molecule has 0 saturated carbocycles. The molecule has 0 bridgehead atoms. The van der Waals surface area contributed by atoms with Crippen molar-refractivity contribution in [2.45, 2.75) is 52.6 Å². The molecule has 0 saturated heterocycles. The van der Waals surface area contributed by atoms with Gasteiger partial charge in [0.1, 0.15) is 17.1 Å². The Hall–Kier alpha value is -2.33. The lowest BCUT2D eigenvalue weighted by molar-refractivity contribution is 0.0485. The van der Waals surface area contributed by atoms with Gasteiger partial charge in [0.25, 0.3) is 0 Å². The smallest absolute Gasteiger partial charge is 0.188 e. The highest BCUT2D eigenvalue weighted by molar-refractivity contribution is 6.02. The lowest BCUT2D eigenvalue weighted by atomic mass is 9.86. The molecular weight excluding hydrogens is 340 g/mol. The molecule has 3 rings (SSSR count). The van der Waals surface area contributed by atoms with Crippen LogP contribution in [0.5, 0.6) is 11.5 Å². The molecule has 0 aliphatic carbocycles. The van der Waals surface area contributed by atoms with Crippen molar-refractivity contribution in [3.8, 4) is 11.5 Å². The van der Waals surface area contributed by atoms with E-state index in [9.17, 15) is 4.79 Å². The van der Waals surface area contributed by atoms with E-state index in [4.69, 9.17) is 14.2 Å². The number of hydrogen-bond acceptors (Lipinski definition) is 4. The maximum absolute atomic E-state index is 13.2. The summed E-state index contributed by atoms with van der Waals surface area (Å²) < 4.78 is 17.3. The van der Waals surface area contributed by atoms with Crippen LogP contribution in [0.1, 0.15) is 52.9 Å². The highest BCUT2D eigenvalue weighted by Gasteiger charge is 2.33. The van der Waals surface area contributed by atoms with Crippen LogP contribution in [0.15, 0.2) is 30.3 Å². The van der Waals surface area contributed by atoms with Crippen LogP contribution >= 0.6 is 0 Å². The Morgan fingerprint density at radius 2 is 1.85 bits per heavy atom. The van der Waals surface area contributed by atoms with Gasteiger partial charge < -0.3 is 14.2 Å². The van der Waals surface area contributed by atoms with E-state index in [1.165, 1.54) is 0 Å². The van der Waals surface area contributed by atoms with Crippen molar-refractivity contribution in [3.05, 3.63) is 58.1 Å². The summed E-state index contributed by atoms with van der Waals surface area (Å²) in [5.74, 6) is 1.49. The third-order valence-corrected chi connectivity index (χ3v) is 5.17. The maximum atomic E-state index is 13.2. The first-order chi connectivity index (χ1) is 12.8. The Morgan fingerprint density at radius 1 is 1.15 bits per heavy atom. The second kappa shape index (κ2) is 7.73. The van der Waals surface area contributed by atoms with Crippen molar-refractivity contribution in [3.63, 3.8) is 0 Å². The summed E-state index contributed by atoms with van der Waals surface area (Å²) in [6.45, 7) is 8.25.